The summed E-state index contributed by atoms with van der Waals surface area (Å²) in [6.45, 7) is 0.690. The molecule has 1 amide bonds. The van der Waals surface area contributed by atoms with Crippen molar-refractivity contribution in [1.82, 2.24) is 19.6 Å². The van der Waals surface area contributed by atoms with Crippen LogP contribution in [0.25, 0.3) is 0 Å². The van der Waals surface area contributed by atoms with Crippen molar-refractivity contribution >= 4 is 11.6 Å². The Balaban J connectivity index is 1.38. The van der Waals surface area contributed by atoms with Crippen LogP contribution in [0.3, 0.4) is 0 Å². The van der Waals surface area contributed by atoms with Gasteiger partial charge in [0.1, 0.15) is 0 Å². The lowest BCUT2D eigenvalue weighted by Gasteiger charge is -2.09. The molecule has 1 aliphatic rings. The van der Waals surface area contributed by atoms with Crippen molar-refractivity contribution < 1.29 is 18.0 Å². The number of aryl methyl sites for hydroxylation is 1. The van der Waals surface area contributed by atoms with E-state index in [2.05, 4.69) is 15.5 Å². The molecule has 1 aromatic carbocycles. The fourth-order valence-electron chi connectivity index (χ4n) is 3.22. The highest BCUT2D eigenvalue weighted by atomic mass is 19.4. The molecule has 1 aliphatic carbocycles. The van der Waals surface area contributed by atoms with Gasteiger partial charge in [-0.2, -0.15) is 23.4 Å². The van der Waals surface area contributed by atoms with Crippen molar-refractivity contribution in [2.24, 2.45) is 0 Å². The molecule has 1 saturated carbocycles. The third kappa shape index (κ3) is 4.85. The lowest BCUT2D eigenvalue weighted by atomic mass is 10.2. The number of carbonyl (C=O) groups is 1. The van der Waals surface area contributed by atoms with Crippen LogP contribution in [0.5, 0.6) is 0 Å². The fraction of sp³-hybridized carbons (Fsp3) is 0.350. The van der Waals surface area contributed by atoms with Gasteiger partial charge in [0.25, 0.3) is 0 Å². The second kappa shape index (κ2) is 7.73. The van der Waals surface area contributed by atoms with E-state index >= 15 is 0 Å². The number of nitrogens with zero attached hydrogens (tertiary/aromatic N) is 4. The molecule has 0 spiro atoms. The van der Waals surface area contributed by atoms with Gasteiger partial charge < -0.3 is 5.32 Å². The molecule has 0 unspecified atom stereocenters. The Kier molecular flexibility index (Phi) is 5.12. The maximum absolute atomic E-state index is 13.0. The van der Waals surface area contributed by atoms with Crippen LogP contribution in [0.2, 0.25) is 0 Å². The minimum absolute atomic E-state index is 0.0437. The number of halogens is 3. The average Bonchev–Trinajstić information content (AvgIpc) is 3.20. The molecular formula is C20H20F3N5O. The second-order valence-corrected chi connectivity index (χ2v) is 7.15. The summed E-state index contributed by atoms with van der Waals surface area (Å²) in [5.74, 6) is -0.160. The van der Waals surface area contributed by atoms with Crippen LogP contribution < -0.4 is 5.32 Å². The summed E-state index contributed by atoms with van der Waals surface area (Å²) >= 11 is 0. The van der Waals surface area contributed by atoms with E-state index in [0.29, 0.717) is 17.9 Å². The molecule has 152 valence electrons. The van der Waals surface area contributed by atoms with E-state index in [-0.39, 0.29) is 24.8 Å². The summed E-state index contributed by atoms with van der Waals surface area (Å²) in [5.41, 5.74) is 1.28. The molecule has 29 heavy (non-hydrogen) atoms. The van der Waals surface area contributed by atoms with Crippen molar-refractivity contribution in [2.75, 3.05) is 5.32 Å². The van der Waals surface area contributed by atoms with Crippen molar-refractivity contribution in [3.63, 3.8) is 0 Å². The number of alkyl halides is 3. The number of carbonyl (C=O) groups excluding carboxylic acids is 1. The molecule has 0 atom stereocenters. The molecule has 6 nitrogen and oxygen atoms in total. The number of aromatic nitrogens is 4. The van der Waals surface area contributed by atoms with Gasteiger partial charge >= 0.3 is 6.18 Å². The van der Waals surface area contributed by atoms with E-state index < -0.39 is 11.9 Å². The maximum Gasteiger partial charge on any atom is 0.435 e. The van der Waals surface area contributed by atoms with Gasteiger partial charge in [0.05, 0.1) is 6.54 Å². The Labute approximate surface area is 165 Å². The molecule has 1 N–H and O–H groups in total. The standard InChI is InChI=1S/C20H20F3N5O/c21-20(22,23)18-12-17(15-5-6-15)28(26-18)10-7-19(29)25-16-4-1-3-14(11-16)13-27-9-2-8-24-27/h1-4,8-9,11-12,15H,5-7,10,13H2,(H,25,29). The number of hydrogen-bond acceptors (Lipinski definition) is 3. The van der Waals surface area contributed by atoms with Gasteiger partial charge in [-0.3, -0.25) is 14.2 Å². The number of rotatable bonds is 7. The van der Waals surface area contributed by atoms with E-state index in [1.165, 1.54) is 4.68 Å². The number of anilines is 1. The molecule has 3 aromatic rings. The van der Waals surface area contributed by atoms with E-state index in [0.717, 1.165) is 24.5 Å². The molecule has 1 fully saturated rings. The molecule has 2 heterocycles. The van der Waals surface area contributed by atoms with Gasteiger partial charge in [-0.15, -0.1) is 0 Å². The average molecular weight is 403 g/mol. The van der Waals surface area contributed by atoms with Crippen LogP contribution >= 0.6 is 0 Å². The van der Waals surface area contributed by atoms with Gasteiger partial charge in [0, 0.05) is 42.7 Å². The minimum Gasteiger partial charge on any atom is -0.326 e. The predicted molar refractivity (Wildman–Crippen MR) is 100 cm³/mol. The van der Waals surface area contributed by atoms with E-state index in [1.54, 1.807) is 16.9 Å². The first-order chi connectivity index (χ1) is 13.9. The third-order valence-electron chi connectivity index (χ3n) is 4.76. The lowest BCUT2D eigenvalue weighted by Crippen LogP contribution is -2.16. The molecule has 0 aliphatic heterocycles. The summed E-state index contributed by atoms with van der Waals surface area (Å²) in [6.07, 6.45) is 0.827. The summed E-state index contributed by atoms with van der Waals surface area (Å²) in [7, 11) is 0. The molecule has 2 aromatic heterocycles. The van der Waals surface area contributed by atoms with Crippen molar-refractivity contribution in [3.8, 4) is 0 Å². The Hall–Kier alpha value is -3.10. The zero-order valence-electron chi connectivity index (χ0n) is 15.6. The Morgan fingerprint density at radius 1 is 1.21 bits per heavy atom. The van der Waals surface area contributed by atoms with E-state index in [9.17, 15) is 18.0 Å². The zero-order valence-corrected chi connectivity index (χ0v) is 15.6. The van der Waals surface area contributed by atoms with E-state index in [1.807, 2.05) is 30.5 Å². The molecule has 0 saturated heterocycles. The minimum atomic E-state index is -4.48. The van der Waals surface area contributed by atoms with Gasteiger partial charge in [-0.1, -0.05) is 12.1 Å². The molecule has 0 bridgehead atoms. The highest BCUT2D eigenvalue weighted by Gasteiger charge is 2.37. The van der Waals surface area contributed by atoms with Gasteiger partial charge in [-0.05, 0) is 42.7 Å². The maximum atomic E-state index is 13.0. The van der Waals surface area contributed by atoms with E-state index in [4.69, 9.17) is 0 Å². The van der Waals surface area contributed by atoms with Gasteiger partial charge in [0.15, 0.2) is 5.69 Å². The predicted octanol–water partition coefficient (Wildman–Crippen LogP) is 4.05. The van der Waals surface area contributed by atoms with Crippen molar-refractivity contribution in [2.45, 2.75) is 44.4 Å². The van der Waals surface area contributed by atoms with Crippen LogP contribution in [-0.2, 0) is 24.1 Å². The number of hydrogen-bond donors (Lipinski definition) is 1. The quantitative estimate of drug-likeness (QED) is 0.647. The van der Waals surface area contributed by atoms with Crippen LogP contribution in [0.15, 0.2) is 48.8 Å². The smallest absolute Gasteiger partial charge is 0.326 e. The summed E-state index contributed by atoms with van der Waals surface area (Å²) < 4.78 is 42.0. The fourth-order valence-corrected chi connectivity index (χ4v) is 3.22. The first-order valence-electron chi connectivity index (χ1n) is 9.39. The first-order valence-corrected chi connectivity index (χ1v) is 9.39. The Morgan fingerprint density at radius 3 is 2.72 bits per heavy atom. The SMILES string of the molecule is O=C(CCn1nc(C(F)(F)F)cc1C1CC1)Nc1cccc(Cn2cccn2)c1. The van der Waals surface area contributed by atoms with Crippen molar-refractivity contribution in [1.29, 1.82) is 0 Å². The molecule has 9 heteroatoms. The monoisotopic (exact) mass is 403 g/mol. The summed E-state index contributed by atoms with van der Waals surface area (Å²) in [6, 6.07) is 10.3. The molecule has 0 radical (unpaired) electrons. The van der Waals surface area contributed by atoms with Crippen molar-refractivity contribution in [3.05, 3.63) is 65.7 Å². The van der Waals surface area contributed by atoms with Crippen LogP contribution in [0.4, 0.5) is 18.9 Å². The van der Waals surface area contributed by atoms with Gasteiger partial charge in [0.2, 0.25) is 5.91 Å². The van der Waals surface area contributed by atoms with Crippen LogP contribution in [0.1, 0.15) is 42.1 Å². The first kappa shape index (κ1) is 19.2. The normalized spacial score (nSPS) is 14.2. The second-order valence-electron chi connectivity index (χ2n) is 7.15. The zero-order chi connectivity index (χ0) is 20.4. The summed E-state index contributed by atoms with van der Waals surface area (Å²) in [5, 5.41) is 10.6. The van der Waals surface area contributed by atoms with Gasteiger partial charge in [-0.25, -0.2) is 0 Å². The number of amides is 1. The highest BCUT2D eigenvalue weighted by molar-refractivity contribution is 5.90. The largest absolute Gasteiger partial charge is 0.435 e. The van der Waals surface area contributed by atoms with Crippen LogP contribution in [-0.4, -0.2) is 25.5 Å². The van der Waals surface area contributed by atoms with Crippen LogP contribution in [0, 0.1) is 0 Å². The third-order valence-corrected chi connectivity index (χ3v) is 4.76. The summed E-state index contributed by atoms with van der Waals surface area (Å²) in [4.78, 5) is 12.3. The highest BCUT2D eigenvalue weighted by Crippen LogP contribution is 2.42. The topological polar surface area (TPSA) is 64.7 Å². The lowest BCUT2D eigenvalue weighted by molar-refractivity contribution is -0.141. The molecular weight excluding hydrogens is 383 g/mol. The molecule has 4 rings (SSSR count). The number of nitrogens with one attached hydrogen (secondary N) is 1. The Bertz CT molecular complexity index is 990. The number of benzene rings is 1. The Morgan fingerprint density at radius 2 is 2.03 bits per heavy atom.